The predicted octanol–water partition coefficient (Wildman–Crippen LogP) is 11.9. The molecule has 0 spiro atoms. The lowest BCUT2D eigenvalue weighted by Gasteiger charge is -2.30. The molecule has 3 heteroatoms. The fraction of sp³-hybridized carbons (Fsp3) is 0.222. The summed E-state index contributed by atoms with van der Waals surface area (Å²) < 4.78 is 4.91. The van der Waals surface area contributed by atoms with Crippen molar-refractivity contribution in [2.24, 2.45) is 0 Å². The molecule has 0 radical (unpaired) electrons. The van der Waals surface area contributed by atoms with Gasteiger partial charge >= 0.3 is 0 Å². The summed E-state index contributed by atoms with van der Waals surface area (Å²) >= 11 is 0. The zero-order valence-electron chi connectivity index (χ0n) is 28.3. The van der Waals surface area contributed by atoms with Gasteiger partial charge in [-0.05, 0) is 98.9 Å². The number of hydrogen-bond acceptors (Lipinski definition) is 1. The first kappa shape index (κ1) is 31.3. The van der Waals surface area contributed by atoms with Gasteiger partial charge in [0.05, 0.1) is 22.8 Å². The monoisotopic (exact) mass is 625 g/mol. The van der Waals surface area contributed by atoms with Gasteiger partial charge in [0.15, 0.2) is 0 Å². The Kier molecular flexibility index (Phi) is 8.74. The summed E-state index contributed by atoms with van der Waals surface area (Å²) in [5.41, 5.74) is 15.3. The van der Waals surface area contributed by atoms with E-state index in [4.69, 9.17) is 0 Å². The van der Waals surface area contributed by atoms with Gasteiger partial charge in [-0.15, -0.1) is 0 Å². The van der Waals surface area contributed by atoms with E-state index in [0.29, 0.717) is 5.56 Å². The minimum Gasteiger partial charge on any atom is -0.337 e. The zero-order valence-corrected chi connectivity index (χ0v) is 28.3. The normalized spacial score (nSPS) is 17.5. The van der Waals surface area contributed by atoms with Crippen molar-refractivity contribution in [1.82, 2.24) is 9.13 Å². The Morgan fingerprint density at radius 2 is 1.85 bits per heavy atom. The highest BCUT2D eigenvalue weighted by Gasteiger charge is 2.29. The highest BCUT2D eigenvalue weighted by Crippen LogP contribution is 2.45. The van der Waals surface area contributed by atoms with Gasteiger partial charge in [-0.2, -0.15) is 5.26 Å². The summed E-state index contributed by atoms with van der Waals surface area (Å²) in [6, 6.07) is 17.6. The summed E-state index contributed by atoms with van der Waals surface area (Å²) in [7, 11) is 0. The SMILES string of the molecule is C=Cc1c2c(n([C@@H]3C=CC(c4cccc(C#N)c4-n4c(/C=C\CC)c(C)c5ccccc54)=C(C4=CC=CCC4)C3)c1/C=C\C)CCC=C2. The van der Waals surface area contributed by atoms with Crippen molar-refractivity contribution in [2.45, 2.75) is 65.3 Å². The fourth-order valence-corrected chi connectivity index (χ4v) is 7.95. The second kappa shape index (κ2) is 13.4. The van der Waals surface area contributed by atoms with Crippen molar-refractivity contribution in [2.75, 3.05) is 0 Å². The smallest absolute Gasteiger partial charge is 0.101 e. The first-order valence-electron chi connectivity index (χ1n) is 17.4. The Morgan fingerprint density at radius 3 is 2.62 bits per heavy atom. The molecule has 0 saturated heterocycles. The van der Waals surface area contributed by atoms with Crippen molar-refractivity contribution in [3.8, 4) is 11.8 Å². The van der Waals surface area contributed by atoms with Crippen LogP contribution >= 0.6 is 0 Å². The standard InChI is InChI=1S/C45H43N3/c1-5-8-24-41-31(4)36-21-12-14-25-43(36)48(41)45-33(30-46)20-16-23-39(45)37-28-27-34(29-40(37)32-18-10-9-11-19-32)47-42(17-6-2)35(7-3)38-22-13-15-26-44(38)47/h6-10,12-14,16-18,20-25,27-28,34H,3,5,11,15,19,26,29H2,1-2,4H3/b17-6-,24-8-/t34-/m1/s1. The molecular formula is C45H43N3. The summed E-state index contributed by atoms with van der Waals surface area (Å²) in [5.74, 6) is 0. The molecule has 0 N–H and O–H groups in total. The van der Waals surface area contributed by atoms with E-state index in [1.807, 2.05) is 18.2 Å². The quantitative estimate of drug-likeness (QED) is 0.192. The highest BCUT2D eigenvalue weighted by molar-refractivity contribution is 5.94. The highest BCUT2D eigenvalue weighted by atomic mass is 15.0. The Balaban J connectivity index is 1.48. The minimum atomic E-state index is 0.163. The van der Waals surface area contributed by atoms with Crippen LogP contribution in [0.5, 0.6) is 0 Å². The van der Waals surface area contributed by atoms with Crippen LogP contribution in [0, 0.1) is 18.3 Å². The zero-order chi connectivity index (χ0) is 33.2. The van der Waals surface area contributed by atoms with Gasteiger partial charge in [-0.3, -0.25) is 0 Å². The Labute approximate surface area is 285 Å². The van der Waals surface area contributed by atoms with E-state index in [-0.39, 0.29) is 6.04 Å². The average molecular weight is 626 g/mol. The van der Waals surface area contributed by atoms with E-state index in [1.54, 1.807) is 0 Å². The average Bonchev–Trinajstić information content (AvgIpc) is 3.60. The molecule has 3 nitrogen and oxygen atoms in total. The van der Waals surface area contributed by atoms with Crippen LogP contribution < -0.4 is 0 Å². The Morgan fingerprint density at radius 1 is 1.00 bits per heavy atom. The Bertz CT molecular complexity index is 2190. The van der Waals surface area contributed by atoms with Gasteiger partial charge in [0.1, 0.15) is 6.07 Å². The van der Waals surface area contributed by atoms with E-state index in [2.05, 4.69) is 140 Å². The molecular weight excluding hydrogens is 583 g/mol. The number of aromatic nitrogens is 2. The largest absolute Gasteiger partial charge is 0.337 e. The van der Waals surface area contributed by atoms with Crippen LogP contribution in [0.25, 0.3) is 46.5 Å². The number of benzene rings is 2. The fourth-order valence-electron chi connectivity index (χ4n) is 7.95. The summed E-state index contributed by atoms with van der Waals surface area (Å²) in [5, 5.41) is 11.8. The topological polar surface area (TPSA) is 33.6 Å². The van der Waals surface area contributed by atoms with Gasteiger partial charge in [-0.25, -0.2) is 0 Å². The molecule has 0 unspecified atom stereocenters. The second-order valence-electron chi connectivity index (χ2n) is 12.8. The van der Waals surface area contributed by atoms with Gasteiger partial charge < -0.3 is 9.13 Å². The third kappa shape index (κ3) is 5.23. The van der Waals surface area contributed by atoms with Crippen molar-refractivity contribution in [1.29, 1.82) is 5.26 Å². The maximum Gasteiger partial charge on any atom is 0.101 e. The molecule has 2 aromatic carbocycles. The van der Waals surface area contributed by atoms with Crippen molar-refractivity contribution < 1.29 is 0 Å². The van der Waals surface area contributed by atoms with Crippen molar-refractivity contribution >= 4 is 40.8 Å². The van der Waals surface area contributed by atoms with Crippen LogP contribution in [0.4, 0.5) is 0 Å². The molecule has 0 aliphatic heterocycles. The maximum atomic E-state index is 10.6. The molecule has 0 saturated carbocycles. The molecule has 2 aromatic heterocycles. The number of allylic oxidation sites excluding steroid dienone is 11. The number of hydrogen-bond donors (Lipinski definition) is 0. The number of para-hydroxylation sites is 2. The van der Waals surface area contributed by atoms with Crippen molar-refractivity contribution in [3.63, 3.8) is 0 Å². The molecule has 7 rings (SSSR count). The number of nitriles is 1. The molecule has 1 atom stereocenters. The molecule has 4 aromatic rings. The van der Waals surface area contributed by atoms with E-state index in [0.717, 1.165) is 61.0 Å². The van der Waals surface area contributed by atoms with Crippen molar-refractivity contribution in [3.05, 3.63) is 154 Å². The van der Waals surface area contributed by atoms with Gasteiger partial charge in [0, 0.05) is 39.2 Å². The molecule has 0 bridgehead atoms. The third-order valence-electron chi connectivity index (χ3n) is 10.1. The van der Waals surface area contributed by atoms with E-state index < -0.39 is 0 Å². The molecule has 0 amide bonds. The van der Waals surface area contributed by atoms with Gasteiger partial charge in [-0.1, -0.05) is 105 Å². The third-order valence-corrected chi connectivity index (χ3v) is 10.1. The molecule has 238 valence electrons. The second-order valence-corrected chi connectivity index (χ2v) is 12.8. The summed E-state index contributed by atoms with van der Waals surface area (Å²) in [6.07, 6.45) is 32.9. The van der Waals surface area contributed by atoms with E-state index >= 15 is 0 Å². The first-order valence-corrected chi connectivity index (χ1v) is 17.4. The lowest BCUT2D eigenvalue weighted by atomic mass is 9.82. The number of aryl methyl sites for hydroxylation is 1. The van der Waals surface area contributed by atoms with Gasteiger partial charge in [0.25, 0.3) is 0 Å². The van der Waals surface area contributed by atoms with Gasteiger partial charge in [0.2, 0.25) is 0 Å². The molecule has 48 heavy (non-hydrogen) atoms. The first-order chi connectivity index (χ1) is 23.6. The number of fused-ring (bicyclic) bond motifs is 2. The van der Waals surface area contributed by atoms with E-state index in [1.165, 1.54) is 50.2 Å². The van der Waals surface area contributed by atoms with Crippen LogP contribution in [0.2, 0.25) is 0 Å². The molecule has 0 fully saturated rings. The number of rotatable bonds is 8. The molecule has 3 aliphatic rings. The lowest BCUT2D eigenvalue weighted by molar-refractivity contribution is 0.566. The molecule has 3 aliphatic carbocycles. The maximum absolute atomic E-state index is 10.6. The van der Waals surface area contributed by atoms with Crippen LogP contribution in [0.1, 0.15) is 96.9 Å². The summed E-state index contributed by atoms with van der Waals surface area (Å²) in [4.78, 5) is 0. The van der Waals surface area contributed by atoms with E-state index in [9.17, 15) is 5.26 Å². The molecule has 2 heterocycles. The van der Waals surface area contributed by atoms with Crippen LogP contribution in [-0.4, -0.2) is 9.13 Å². The Hall–Kier alpha value is -5.33. The van der Waals surface area contributed by atoms with Crippen LogP contribution in [0.3, 0.4) is 0 Å². The van der Waals surface area contributed by atoms with Crippen LogP contribution in [0.15, 0.2) is 109 Å². The summed E-state index contributed by atoms with van der Waals surface area (Å²) in [6.45, 7) is 10.7. The predicted molar refractivity (Wildman–Crippen MR) is 205 cm³/mol. The lowest BCUT2D eigenvalue weighted by Crippen LogP contribution is -2.17. The minimum absolute atomic E-state index is 0.163. The number of nitrogens with zero attached hydrogens (tertiary/aromatic N) is 3. The van der Waals surface area contributed by atoms with Crippen LogP contribution in [-0.2, 0) is 6.42 Å².